The lowest BCUT2D eigenvalue weighted by Crippen LogP contribution is -2.38. The number of anilines is 2. The van der Waals surface area contributed by atoms with E-state index < -0.39 is 0 Å². The van der Waals surface area contributed by atoms with E-state index in [1.54, 1.807) is 12.4 Å². The smallest absolute Gasteiger partial charge is 0.274 e. The predicted octanol–water partition coefficient (Wildman–Crippen LogP) is 3.51. The van der Waals surface area contributed by atoms with Crippen molar-refractivity contribution in [1.82, 2.24) is 14.9 Å². The third-order valence-corrected chi connectivity index (χ3v) is 4.59. The van der Waals surface area contributed by atoms with E-state index >= 15 is 0 Å². The minimum absolute atomic E-state index is 0.0105. The van der Waals surface area contributed by atoms with Crippen LogP contribution in [0.5, 0.6) is 0 Å². The molecule has 0 spiro atoms. The second-order valence-electron chi connectivity index (χ2n) is 6.31. The number of piperidine rings is 1. The summed E-state index contributed by atoms with van der Waals surface area (Å²) in [6.07, 6.45) is 5.42. The largest absolute Gasteiger partial charge is 0.337 e. The van der Waals surface area contributed by atoms with E-state index in [-0.39, 0.29) is 5.91 Å². The molecule has 1 aliphatic rings. The quantitative estimate of drug-likeness (QED) is 0.863. The van der Waals surface area contributed by atoms with Crippen molar-refractivity contribution in [1.29, 1.82) is 0 Å². The van der Waals surface area contributed by atoms with E-state index in [9.17, 15) is 4.79 Å². The molecule has 1 saturated heterocycles. The Labute approximate surface area is 143 Å². The van der Waals surface area contributed by atoms with Crippen molar-refractivity contribution in [2.75, 3.05) is 24.5 Å². The number of hydrogen-bond donors (Lipinski definition) is 0. The van der Waals surface area contributed by atoms with Gasteiger partial charge in [-0.1, -0.05) is 25.1 Å². The highest BCUT2D eigenvalue weighted by Crippen LogP contribution is 2.22. The van der Waals surface area contributed by atoms with E-state index in [1.807, 2.05) is 35.2 Å². The molecule has 5 nitrogen and oxygen atoms in total. The van der Waals surface area contributed by atoms with Crippen LogP contribution in [0.3, 0.4) is 0 Å². The van der Waals surface area contributed by atoms with Gasteiger partial charge < -0.3 is 9.80 Å². The number of nitrogens with zero attached hydrogens (tertiary/aromatic N) is 4. The van der Waals surface area contributed by atoms with Gasteiger partial charge in [0.2, 0.25) is 0 Å². The molecule has 1 aromatic carbocycles. The number of carbonyl (C=O) groups is 1. The molecule has 0 saturated carbocycles. The predicted molar refractivity (Wildman–Crippen MR) is 95.5 cm³/mol. The van der Waals surface area contributed by atoms with Gasteiger partial charge in [-0.2, -0.15) is 0 Å². The van der Waals surface area contributed by atoms with Crippen LogP contribution in [0, 0.1) is 5.92 Å². The Morgan fingerprint density at radius 1 is 1.17 bits per heavy atom. The molecule has 0 aliphatic carbocycles. The molecule has 1 fully saturated rings. The maximum Gasteiger partial charge on any atom is 0.274 e. The van der Waals surface area contributed by atoms with Gasteiger partial charge in [-0.15, -0.1) is 0 Å². The van der Waals surface area contributed by atoms with Gasteiger partial charge >= 0.3 is 0 Å². The Hall–Kier alpha value is -2.43. The minimum Gasteiger partial charge on any atom is -0.337 e. The molecule has 0 N–H and O–H groups in total. The topological polar surface area (TPSA) is 49.3 Å². The number of benzene rings is 1. The molecule has 0 radical (unpaired) electrons. The average Bonchev–Trinajstić information content (AvgIpc) is 2.64. The molecule has 0 atom stereocenters. The van der Waals surface area contributed by atoms with E-state index in [0.29, 0.717) is 11.6 Å². The highest BCUT2D eigenvalue weighted by atomic mass is 16.2. The first-order valence-corrected chi connectivity index (χ1v) is 8.63. The van der Waals surface area contributed by atoms with Gasteiger partial charge in [0.15, 0.2) is 5.82 Å². The molecule has 0 bridgehead atoms. The van der Waals surface area contributed by atoms with Gasteiger partial charge in [0.05, 0.1) is 12.4 Å². The standard InChI is InChI=1S/C19H24N4O/c1-3-23(16-7-5-4-6-8-16)18-14-20-17(13-21-18)19(24)22-11-9-15(2)10-12-22/h4-8,13-15H,3,9-12H2,1-2H3. The Morgan fingerprint density at radius 3 is 2.46 bits per heavy atom. The summed E-state index contributed by atoms with van der Waals surface area (Å²) in [6, 6.07) is 10.1. The number of amides is 1. The number of para-hydroxylation sites is 1. The summed E-state index contributed by atoms with van der Waals surface area (Å²) in [4.78, 5) is 25.3. The first kappa shape index (κ1) is 16.4. The van der Waals surface area contributed by atoms with Crippen molar-refractivity contribution in [2.24, 2.45) is 5.92 Å². The lowest BCUT2D eigenvalue weighted by molar-refractivity contribution is 0.0691. The SMILES string of the molecule is CCN(c1ccccc1)c1cnc(C(=O)N2CCC(C)CC2)cn1. The highest BCUT2D eigenvalue weighted by molar-refractivity contribution is 5.92. The second-order valence-corrected chi connectivity index (χ2v) is 6.31. The van der Waals surface area contributed by atoms with Crippen LogP contribution < -0.4 is 4.90 Å². The van der Waals surface area contributed by atoms with Crippen molar-refractivity contribution in [3.05, 3.63) is 48.4 Å². The van der Waals surface area contributed by atoms with Gasteiger partial charge in [0.1, 0.15) is 5.69 Å². The molecular formula is C19H24N4O. The first-order valence-electron chi connectivity index (χ1n) is 8.63. The van der Waals surface area contributed by atoms with Gasteiger partial charge in [0.25, 0.3) is 5.91 Å². The summed E-state index contributed by atoms with van der Waals surface area (Å²) < 4.78 is 0. The summed E-state index contributed by atoms with van der Waals surface area (Å²) in [6.45, 7) is 6.72. The Kier molecular flexibility index (Phi) is 5.08. The molecule has 1 amide bonds. The molecule has 5 heteroatoms. The maximum atomic E-state index is 12.5. The number of likely N-dealkylation sites (tertiary alicyclic amines) is 1. The molecule has 3 rings (SSSR count). The number of rotatable bonds is 4. The molecular weight excluding hydrogens is 300 g/mol. The molecule has 0 unspecified atom stereocenters. The van der Waals surface area contributed by atoms with Crippen molar-refractivity contribution in [2.45, 2.75) is 26.7 Å². The second kappa shape index (κ2) is 7.43. The summed E-state index contributed by atoms with van der Waals surface area (Å²) in [5.74, 6) is 1.45. The van der Waals surface area contributed by atoms with Crippen LogP contribution in [0.1, 0.15) is 37.2 Å². The Morgan fingerprint density at radius 2 is 1.88 bits per heavy atom. The fourth-order valence-electron chi connectivity index (χ4n) is 3.03. The van der Waals surface area contributed by atoms with E-state index in [2.05, 4.69) is 28.7 Å². The lowest BCUT2D eigenvalue weighted by atomic mass is 9.99. The fourth-order valence-corrected chi connectivity index (χ4v) is 3.03. The van der Waals surface area contributed by atoms with E-state index in [1.165, 1.54) is 0 Å². The zero-order valence-corrected chi connectivity index (χ0v) is 14.4. The fraction of sp³-hybridized carbons (Fsp3) is 0.421. The maximum absolute atomic E-state index is 12.5. The molecule has 126 valence electrons. The average molecular weight is 324 g/mol. The summed E-state index contributed by atoms with van der Waals surface area (Å²) in [5.41, 5.74) is 1.50. The minimum atomic E-state index is -0.0105. The van der Waals surface area contributed by atoms with Crippen LogP contribution in [0.15, 0.2) is 42.7 Å². The zero-order valence-electron chi connectivity index (χ0n) is 14.4. The first-order chi connectivity index (χ1) is 11.7. The molecule has 1 aromatic heterocycles. The highest BCUT2D eigenvalue weighted by Gasteiger charge is 2.22. The molecule has 2 heterocycles. The molecule has 1 aliphatic heterocycles. The van der Waals surface area contributed by atoms with Crippen LogP contribution in [-0.2, 0) is 0 Å². The number of hydrogen-bond acceptors (Lipinski definition) is 4. The molecule has 24 heavy (non-hydrogen) atoms. The van der Waals surface area contributed by atoms with Crippen molar-refractivity contribution in [3.63, 3.8) is 0 Å². The van der Waals surface area contributed by atoms with Gasteiger partial charge in [-0.25, -0.2) is 9.97 Å². The van der Waals surface area contributed by atoms with Gasteiger partial charge in [0, 0.05) is 25.3 Å². The van der Waals surface area contributed by atoms with E-state index in [4.69, 9.17) is 0 Å². The normalized spacial score (nSPS) is 15.3. The van der Waals surface area contributed by atoms with Crippen LogP contribution in [-0.4, -0.2) is 40.4 Å². The third kappa shape index (κ3) is 3.55. The van der Waals surface area contributed by atoms with Crippen LogP contribution >= 0.6 is 0 Å². The van der Waals surface area contributed by atoms with Gasteiger partial charge in [-0.05, 0) is 37.8 Å². The summed E-state index contributed by atoms with van der Waals surface area (Å²) in [7, 11) is 0. The van der Waals surface area contributed by atoms with Crippen molar-refractivity contribution >= 4 is 17.4 Å². The molecule has 2 aromatic rings. The summed E-state index contributed by atoms with van der Waals surface area (Å²) >= 11 is 0. The monoisotopic (exact) mass is 324 g/mol. The zero-order chi connectivity index (χ0) is 16.9. The lowest BCUT2D eigenvalue weighted by Gasteiger charge is -2.30. The number of carbonyl (C=O) groups excluding carboxylic acids is 1. The summed E-state index contributed by atoms with van der Waals surface area (Å²) in [5, 5.41) is 0. The van der Waals surface area contributed by atoms with Crippen LogP contribution in [0.2, 0.25) is 0 Å². The van der Waals surface area contributed by atoms with Crippen LogP contribution in [0.4, 0.5) is 11.5 Å². The van der Waals surface area contributed by atoms with E-state index in [0.717, 1.165) is 44.0 Å². The van der Waals surface area contributed by atoms with Crippen LogP contribution in [0.25, 0.3) is 0 Å². The van der Waals surface area contributed by atoms with Crippen molar-refractivity contribution < 1.29 is 4.79 Å². The Balaban J connectivity index is 1.74. The number of aromatic nitrogens is 2. The van der Waals surface area contributed by atoms with Crippen molar-refractivity contribution in [3.8, 4) is 0 Å². The third-order valence-electron chi connectivity index (χ3n) is 4.59. The Bertz CT molecular complexity index is 664. The van der Waals surface area contributed by atoms with Gasteiger partial charge in [-0.3, -0.25) is 4.79 Å².